The van der Waals surface area contributed by atoms with Crippen molar-refractivity contribution in [3.8, 4) is 0 Å². The zero-order chi connectivity index (χ0) is 36.0. The Labute approximate surface area is 305 Å². The summed E-state index contributed by atoms with van der Waals surface area (Å²) in [7, 11) is 0. The van der Waals surface area contributed by atoms with E-state index in [1.165, 1.54) is 173 Å². The van der Waals surface area contributed by atoms with E-state index in [9.17, 15) is 25.2 Å². The molecule has 0 heterocycles. The van der Waals surface area contributed by atoms with E-state index in [4.69, 9.17) is 0 Å². The van der Waals surface area contributed by atoms with Crippen molar-refractivity contribution in [2.45, 2.75) is 263 Å². The molecule has 0 saturated carbocycles. The first-order valence-corrected chi connectivity index (χ1v) is 21.9. The molecule has 0 bridgehead atoms. The van der Waals surface area contributed by atoms with Gasteiger partial charge in [0.15, 0.2) is 0 Å². The summed E-state index contributed by atoms with van der Waals surface area (Å²) in [6.07, 6.45) is 39.8. The van der Waals surface area contributed by atoms with Crippen LogP contribution in [0.25, 0.3) is 0 Å². The van der Waals surface area contributed by atoms with Gasteiger partial charge >= 0.3 is 0 Å². The summed E-state index contributed by atoms with van der Waals surface area (Å²) in [5.74, 6) is -0.580. The third kappa shape index (κ3) is 32.9. The van der Waals surface area contributed by atoms with Gasteiger partial charge in [0.1, 0.15) is 12.2 Å². The number of hydrogen-bond donors (Lipinski definition) is 5. The number of rotatable bonds is 40. The Morgan fingerprint density at radius 3 is 0.980 bits per heavy atom. The second kappa shape index (κ2) is 38.5. The molecule has 0 rings (SSSR count). The maximum absolute atomic E-state index is 12.5. The summed E-state index contributed by atoms with van der Waals surface area (Å²) in [6, 6.07) is -0.978. The third-order valence-corrected chi connectivity index (χ3v) is 10.6. The minimum atomic E-state index is -1.25. The molecule has 1 amide bonds. The van der Waals surface area contributed by atoms with Crippen LogP contribution < -0.4 is 5.32 Å². The molecule has 0 aliphatic heterocycles. The van der Waals surface area contributed by atoms with E-state index in [2.05, 4.69) is 19.2 Å². The van der Waals surface area contributed by atoms with Gasteiger partial charge in [-0.2, -0.15) is 0 Å². The van der Waals surface area contributed by atoms with E-state index in [-0.39, 0.29) is 0 Å². The number of unbranched alkanes of at least 4 members (excludes halogenated alkanes) is 31. The molecule has 0 aromatic carbocycles. The molecule has 0 aliphatic rings. The van der Waals surface area contributed by atoms with Crippen molar-refractivity contribution in [2.75, 3.05) is 6.61 Å². The lowest BCUT2D eigenvalue weighted by Crippen LogP contribution is -2.53. The Hall–Kier alpha value is -0.690. The highest BCUT2D eigenvalue weighted by atomic mass is 16.3. The summed E-state index contributed by atoms with van der Waals surface area (Å²) < 4.78 is 0. The van der Waals surface area contributed by atoms with E-state index in [0.717, 1.165) is 38.5 Å². The first kappa shape index (κ1) is 48.3. The zero-order valence-corrected chi connectivity index (χ0v) is 33.0. The molecule has 0 aromatic heterocycles. The van der Waals surface area contributed by atoms with E-state index >= 15 is 0 Å². The van der Waals surface area contributed by atoms with Gasteiger partial charge in [-0.15, -0.1) is 0 Å². The fourth-order valence-electron chi connectivity index (χ4n) is 7.05. The monoisotopic (exact) mass is 698 g/mol. The van der Waals surface area contributed by atoms with Crippen LogP contribution in [0.4, 0.5) is 0 Å². The minimum Gasteiger partial charge on any atom is -0.394 e. The molecule has 4 atom stereocenters. The Morgan fingerprint density at radius 1 is 0.429 bits per heavy atom. The molecule has 0 aromatic rings. The molecule has 0 fully saturated rings. The Kier molecular flexibility index (Phi) is 38.0. The van der Waals surface area contributed by atoms with Crippen molar-refractivity contribution in [2.24, 2.45) is 0 Å². The van der Waals surface area contributed by atoms with Crippen LogP contribution in [-0.2, 0) is 4.79 Å². The standard InChI is InChI=1S/C43H87NO5/c1-3-5-7-9-11-13-15-17-19-20-21-22-23-25-26-28-30-32-34-36-40(46)42(48)39(38-45)44-43(49)41(47)37-35-33-31-29-27-24-18-16-14-12-10-8-6-4-2/h39-42,45-48H,3-38H2,1-2H3,(H,44,49). The smallest absolute Gasteiger partial charge is 0.249 e. The largest absolute Gasteiger partial charge is 0.394 e. The topological polar surface area (TPSA) is 110 Å². The van der Waals surface area contributed by atoms with Crippen LogP contribution in [0.15, 0.2) is 0 Å². The zero-order valence-electron chi connectivity index (χ0n) is 33.0. The molecule has 49 heavy (non-hydrogen) atoms. The molecular weight excluding hydrogens is 610 g/mol. The number of carbonyl (C=O) groups excluding carboxylic acids is 1. The molecule has 6 heteroatoms. The maximum Gasteiger partial charge on any atom is 0.249 e. The van der Waals surface area contributed by atoms with Crippen molar-refractivity contribution in [1.29, 1.82) is 0 Å². The lowest BCUT2D eigenvalue weighted by molar-refractivity contribution is -0.132. The molecular formula is C43H87NO5. The first-order valence-electron chi connectivity index (χ1n) is 21.9. The van der Waals surface area contributed by atoms with Crippen molar-refractivity contribution in [3.63, 3.8) is 0 Å². The fourth-order valence-corrected chi connectivity index (χ4v) is 7.05. The highest BCUT2D eigenvalue weighted by Crippen LogP contribution is 2.17. The van der Waals surface area contributed by atoms with E-state index in [0.29, 0.717) is 12.8 Å². The van der Waals surface area contributed by atoms with Gasteiger partial charge in [0.2, 0.25) is 5.91 Å². The number of hydrogen-bond acceptors (Lipinski definition) is 5. The number of amides is 1. The summed E-state index contributed by atoms with van der Waals surface area (Å²) in [5.41, 5.74) is 0. The van der Waals surface area contributed by atoms with Crippen molar-refractivity contribution < 1.29 is 25.2 Å². The van der Waals surface area contributed by atoms with Gasteiger partial charge in [0, 0.05) is 0 Å². The first-order chi connectivity index (χ1) is 24.0. The molecule has 4 unspecified atom stereocenters. The average molecular weight is 698 g/mol. The number of nitrogens with one attached hydrogen (secondary N) is 1. The van der Waals surface area contributed by atoms with Crippen molar-refractivity contribution >= 4 is 5.91 Å². The van der Waals surface area contributed by atoms with Crippen molar-refractivity contribution in [1.82, 2.24) is 5.32 Å². The van der Waals surface area contributed by atoms with Gasteiger partial charge in [-0.3, -0.25) is 4.79 Å². The van der Waals surface area contributed by atoms with E-state index in [1.807, 2.05) is 0 Å². The SMILES string of the molecule is CCCCCCCCCCCCCCCCCCCCCC(O)C(O)C(CO)NC(=O)C(O)CCCCCCCCCCCCCCCC. The second-order valence-electron chi connectivity index (χ2n) is 15.4. The summed E-state index contributed by atoms with van der Waals surface area (Å²) in [5, 5.41) is 43.7. The van der Waals surface area contributed by atoms with Crippen LogP contribution in [0, 0.1) is 0 Å². The van der Waals surface area contributed by atoms with Gasteiger partial charge in [0.25, 0.3) is 0 Å². The summed E-state index contributed by atoms with van der Waals surface area (Å²) in [4.78, 5) is 12.5. The molecule has 0 aliphatic carbocycles. The summed E-state index contributed by atoms with van der Waals surface area (Å²) >= 11 is 0. The van der Waals surface area contributed by atoms with Crippen LogP contribution in [0.2, 0.25) is 0 Å². The maximum atomic E-state index is 12.5. The highest BCUT2D eigenvalue weighted by molar-refractivity contribution is 5.80. The Bertz CT molecular complexity index is 662. The molecule has 5 N–H and O–H groups in total. The van der Waals surface area contributed by atoms with E-state index < -0.39 is 36.9 Å². The molecule has 294 valence electrons. The molecule has 0 saturated heterocycles. The Morgan fingerprint density at radius 2 is 0.694 bits per heavy atom. The molecule has 0 radical (unpaired) electrons. The van der Waals surface area contributed by atoms with Gasteiger partial charge < -0.3 is 25.7 Å². The second-order valence-corrected chi connectivity index (χ2v) is 15.4. The van der Waals surface area contributed by atoms with Crippen LogP contribution >= 0.6 is 0 Å². The summed E-state index contributed by atoms with van der Waals surface area (Å²) in [6.45, 7) is 4.06. The van der Waals surface area contributed by atoms with Crippen LogP contribution in [0.1, 0.15) is 239 Å². The van der Waals surface area contributed by atoms with Crippen LogP contribution in [-0.4, -0.2) is 57.3 Å². The van der Waals surface area contributed by atoms with E-state index in [1.54, 1.807) is 0 Å². The van der Waals surface area contributed by atoms with Gasteiger partial charge in [0.05, 0.1) is 18.8 Å². The number of aliphatic hydroxyl groups excluding tert-OH is 4. The normalized spacial score (nSPS) is 14.2. The lowest BCUT2D eigenvalue weighted by atomic mass is 9.99. The number of aliphatic hydroxyl groups is 4. The fraction of sp³-hybridized carbons (Fsp3) is 0.977. The quantitative estimate of drug-likeness (QED) is 0.0409. The van der Waals surface area contributed by atoms with Gasteiger partial charge in [-0.1, -0.05) is 226 Å². The van der Waals surface area contributed by atoms with Gasteiger partial charge in [-0.25, -0.2) is 0 Å². The third-order valence-electron chi connectivity index (χ3n) is 10.6. The van der Waals surface area contributed by atoms with Gasteiger partial charge in [-0.05, 0) is 12.8 Å². The lowest BCUT2D eigenvalue weighted by Gasteiger charge is -2.27. The predicted molar refractivity (Wildman–Crippen MR) is 210 cm³/mol. The predicted octanol–water partition coefficient (Wildman–Crippen LogP) is 11.2. The Balaban J connectivity index is 3.70. The minimum absolute atomic E-state index is 0.375. The number of carbonyl (C=O) groups is 1. The highest BCUT2D eigenvalue weighted by Gasteiger charge is 2.28. The van der Waals surface area contributed by atoms with Crippen LogP contribution in [0.5, 0.6) is 0 Å². The van der Waals surface area contributed by atoms with Crippen LogP contribution in [0.3, 0.4) is 0 Å². The molecule has 0 spiro atoms. The average Bonchev–Trinajstić information content (AvgIpc) is 3.11. The molecule has 6 nitrogen and oxygen atoms in total. The van der Waals surface area contributed by atoms with Crippen molar-refractivity contribution in [3.05, 3.63) is 0 Å².